The Morgan fingerprint density at radius 3 is 2.24 bits per heavy atom. The van der Waals surface area contributed by atoms with Crippen molar-refractivity contribution in [3.63, 3.8) is 0 Å². The summed E-state index contributed by atoms with van der Waals surface area (Å²) >= 11 is 1.15. The highest BCUT2D eigenvalue weighted by Gasteiger charge is 2.39. The number of sulfone groups is 1. The number of piperazine rings is 1. The Morgan fingerprint density at radius 1 is 0.946 bits per heavy atom. The summed E-state index contributed by atoms with van der Waals surface area (Å²) in [4.78, 5) is 42.5. The van der Waals surface area contributed by atoms with E-state index in [2.05, 4.69) is 5.32 Å². The average molecular weight is 542 g/mol. The van der Waals surface area contributed by atoms with E-state index in [4.69, 9.17) is 4.74 Å². The molecule has 1 aliphatic heterocycles. The van der Waals surface area contributed by atoms with Crippen LogP contribution in [0, 0.1) is 6.92 Å². The van der Waals surface area contributed by atoms with Gasteiger partial charge in [-0.2, -0.15) is 0 Å². The number of amides is 3. The van der Waals surface area contributed by atoms with Crippen molar-refractivity contribution in [1.29, 1.82) is 0 Å². The molecule has 3 amide bonds. The smallest absolute Gasteiger partial charge is 0.262 e. The SMILES string of the molecule is COc1cccc(C(=O)N2CCN(C(=O)C(NC(=O)c3cccs3)S(=O)(=O)c3ccc(C)cc3)CC2)c1. The third-order valence-electron chi connectivity index (χ3n) is 6.09. The minimum atomic E-state index is -4.25. The third kappa shape index (κ3) is 5.83. The van der Waals surface area contributed by atoms with Gasteiger partial charge in [-0.05, 0) is 48.7 Å². The fraction of sp³-hybridized carbons (Fsp3) is 0.269. The number of hydrogen-bond acceptors (Lipinski definition) is 7. The van der Waals surface area contributed by atoms with E-state index < -0.39 is 27.0 Å². The van der Waals surface area contributed by atoms with Gasteiger partial charge < -0.3 is 19.9 Å². The van der Waals surface area contributed by atoms with Crippen molar-refractivity contribution in [2.45, 2.75) is 17.2 Å². The summed E-state index contributed by atoms with van der Waals surface area (Å²) in [6.45, 7) is 2.52. The number of benzene rings is 2. The second-order valence-electron chi connectivity index (χ2n) is 8.54. The number of carbonyl (C=O) groups excluding carboxylic acids is 3. The zero-order valence-corrected chi connectivity index (χ0v) is 22.1. The number of nitrogens with zero attached hydrogens (tertiary/aromatic N) is 2. The summed E-state index contributed by atoms with van der Waals surface area (Å²) in [7, 11) is -2.73. The van der Waals surface area contributed by atoms with E-state index in [0.717, 1.165) is 16.9 Å². The number of hydrogen-bond donors (Lipinski definition) is 1. The van der Waals surface area contributed by atoms with E-state index in [1.54, 1.807) is 58.8 Å². The standard InChI is InChI=1S/C26H27N3O6S2/c1-18-8-10-21(11-9-18)37(33,34)24(27-23(30)22-7-4-16-36-22)26(32)29-14-12-28(13-15-29)25(31)19-5-3-6-20(17-19)35-2/h3-11,16-17,24H,12-15H2,1-2H3,(H,27,30). The maximum absolute atomic E-state index is 13.5. The zero-order chi connectivity index (χ0) is 26.6. The highest BCUT2D eigenvalue weighted by atomic mass is 32.2. The number of rotatable bonds is 7. The van der Waals surface area contributed by atoms with Gasteiger partial charge in [0.15, 0.2) is 0 Å². The quantitative estimate of drug-likeness (QED) is 0.492. The van der Waals surface area contributed by atoms with Gasteiger partial charge >= 0.3 is 0 Å². The van der Waals surface area contributed by atoms with Crippen molar-refractivity contribution < 1.29 is 27.5 Å². The summed E-state index contributed by atoms with van der Waals surface area (Å²) in [5.74, 6) is -1.03. The van der Waals surface area contributed by atoms with Crippen LogP contribution < -0.4 is 10.1 Å². The minimum absolute atomic E-state index is 0.0604. The molecule has 0 aliphatic carbocycles. The van der Waals surface area contributed by atoms with E-state index in [-0.39, 0.29) is 37.0 Å². The molecule has 194 valence electrons. The highest BCUT2D eigenvalue weighted by Crippen LogP contribution is 2.21. The van der Waals surface area contributed by atoms with Gasteiger partial charge in [-0.25, -0.2) is 8.42 Å². The second-order valence-corrected chi connectivity index (χ2v) is 11.5. The van der Waals surface area contributed by atoms with E-state index in [0.29, 0.717) is 16.2 Å². The van der Waals surface area contributed by atoms with E-state index in [1.807, 2.05) is 6.92 Å². The van der Waals surface area contributed by atoms with Gasteiger partial charge in [0.25, 0.3) is 17.7 Å². The zero-order valence-electron chi connectivity index (χ0n) is 20.4. The van der Waals surface area contributed by atoms with Crippen molar-refractivity contribution in [1.82, 2.24) is 15.1 Å². The molecule has 1 aliphatic rings. The van der Waals surface area contributed by atoms with Crippen LogP contribution in [0.5, 0.6) is 5.75 Å². The molecule has 2 heterocycles. The lowest BCUT2D eigenvalue weighted by molar-refractivity contribution is -0.132. The molecule has 11 heteroatoms. The second kappa shape index (κ2) is 11.1. The van der Waals surface area contributed by atoms with Crippen LogP contribution in [0.4, 0.5) is 0 Å². The monoisotopic (exact) mass is 541 g/mol. The predicted molar refractivity (Wildman–Crippen MR) is 139 cm³/mol. The molecular weight excluding hydrogens is 514 g/mol. The van der Waals surface area contributed by atoms with Crippen molar-refractivity contribution in [2.75, 3.05) is 33.3 Å². The van der Waals surface area contributed by atoms with Crippen LogP contribution in [0.3, 0.4) is 0 Å². The van der Waals surface area contributed by atoms with E-state index in [9.17, 15) is 22.8 Å². The molecule has 1 atom stereocenters. The van der Waals surface area contributed by atoms with Crippen LogP contribution in [0.15, 0.2) is 70.9 Å². The van der Waals surface area contributed by atoms with Crippen LogP contribution in [0.1, 0.15) is 25.6 Å². The molecule has 3 aromatic rings. The molecule has 0 spiro atoms. The fourth-order valence-electron chi connectivity index (χ4n) is 3.97. The molecule has 1 saturated heterocycles. The van der Waals surface area contributed by atoms with Crippen molar-refractivity contribution >= 4 is 38.9 Å². The Kier molecular flexibility index (Phi) is 7.94. The topological polar surface area (TPSA) is 113 Å². The first-order valence-corrected chi connectivity index (χ1v) is 14.0. The van der Waals surface area contributed by atoms with Gasteiger partial charge in [-0.15, -0.1) is 11.3 Å². The summed E-state index contributed by atoms with van der Waals surface area (Å²) in [6.07, 6.45) is 0. The highest BCUT2D eigenvalue weighted by molar-refractivity contribution is 7.92. The van der Waals surface area contributed by atoms with Gasteiger partial charge in [0, 0.05) is 31.7 Å². The third-order valence-corrected chi connectivity index (χ3v) is 8.82. The summed E-state index contributed by atoms with van der Waals surface area (Å²) in [6, 6.07) is 16.1. The molecule has 9 nitrogen and oxygen atoms in total. The van der Waals surface area contributed by atoms with Crippen molar-refractivity contribution in [3.8, 4) is 5.75 Å². The van der Waals surface area contributed by atoms with Gasteiger partial charge in [-0.1, -0.05) is 29.8 Å². The van der Waals surface area contributed by atoms with Crippen LogP contribution in [0.2, 0.25) is 0 Å². The van der Waals surface area contributed by atoms with Gasteiger partial charge in [-0.3, -0.25) is 14.4 Å². The fourth-order valence-corrected chi connectivity index (χ4v) is 6.06. The first-order valence-electron chi connectivity index (χ1n) is 11.6. The summed E-state index contributed by atoms with van der Waals surface area (Å²) in [5, 5.41) is 2.33. The normalized spacial score (nSPS) is 14.6. The molecule has 2 aromatic carbocycles. The Morgan fingerprint density at radius 2 is 1.62 bits per heavy atom. The molecule has 0 radical (unpaired) electrons. The van der Waals surface area contributed by atoms with E-state index >= 15 is 0 Å². The number of nitrogens with one attached hydrogen (secondary N) is 1. The maximum atomic E-state index is 13.5. The molecule has 0 saturated carbocycles. The number of carbonyl (C=O) groups is 3. The molecule has 4 rings (SSSR count). The Balaban J connectivity index is 1.52. The van der Waals surface area contributed by atoms with Crippen LogP contribution in [0.25, 0.3) is 0 Å². The predicted octanol–water partition coefficient (Wildman–Crippen LogP) is 2.58. The average Bonchev–Trinajstić information content (AvgIpc) is 3.46. The van der Waals surface area contributed by atoms with E-state index in [1.165, 1.54) is 24.1 Å². The lowest BCUT2D eigenvalue weighted by atomic mass is 10.1. The Hall–Kier alpha value is -3.70. The van der Waals surface area contributed by atoms with Crippen molar-refractivity contribution in [2.24, 2.45) is 0 Å². The number of ether oxygens (including phenoxy) is 1. The molecule has 1 fully saturated rings. The number of thiophene rings is 1. The first kappa shape index (κ1) is 26.4. The Bertz CT molecular complexity index is 1380. The summed E-state index contributed by atoms with van der Waals surface area (Å²) in [5.41, 5.74) is 1.32. The molecule has 0 bridgehead atoms. The van der Waals surface area contributed by atoms with Gasteiger partial charge in [0.2, 0.25) is 15.2 Å². The molecular formula is C26H27N3O6S2. The lowest BCUT2D eigenvalue weighted by Gasteiger charge is -2.36. The Labute approximate surface area is 219 Å². The minimum Gasteiger partial charge on any atom is -0.497 e. The number of aryl methyl sites for hydroxylation is 1. The molecule has 37 heavy (non-hydrogen) atoms. The largest absolute Gasteiger partial charge is 0.497 e. The molecule has 1 unspecified atom stereocenters. The maximum Gasteiger partial charge on any atom is 0.262 e. The van der Waals surface area contributed by atoms with Crippen LogP contribution >= 0.6 is 11.3 Å². The first-order chi connectivity index (χ1) is 17.7. The van der Waals surface area contributed by atoms with Gasteiger partial charge in [0.1, 0.15) is 5.75 Å². The molecule has 1 N–H and O–H groups in total. The lowest BCUT2D eigenvalue weighted by Crippen LogP contribution is -2.57. The van der Waals surface area contributed by atoms with Crippen LogP contribution in [-0.2, 0) is 14.6 Å². The van der Waals surface area contributed by atoms with Crippen LogP contribution in [-0.4, -0.2) is 74.6 Å². The number of methoxy groups -OCH3 is 1. The van der Waals surface area contributed by atoms with Gasteiger partial charge in [0.05, 0.1) is 16.9 Å². The summed E-state index contributed by atoms with van der Waals surface area (Å²) < 4.78 is 32.2. The molecule has 1 aromatic heterocycles. The van der Waals surface area contributed by atoms with Crippen molar-refractivity contribution in [3.05, 3.63) is 82.0 Å².